The Morgan fingerprint density at radius 1 is 0.926 bits per heavy atom. The molecule has 0 N–H and O–H groups in total. The zero-order valence-electron chi connectivity index (χ0n) is 14.2. The summed E-state index contributed by atoms with van der Waals surface area (Å²) in [6.07, 6.45) is -4.14. The number of rotatable bonds is 3. The van der Waals surface area contributed by atoms with Gasteiger partial charge in [-0.25, -0.2) is 0 Å². The maximum Gasteiger partial charge on any atom is 0.573 e. The number of benzene rings is 3. The van der Waals surface area contributed by atoms with Crippen molar-refractivity contribution in [3.8, 4) is 17.0 Å². The van der Waals surface area contributed by atoms with Gasteiger partial charge < -0.3 is 9.30 Å². The zero-order chi connectivity index (χ0) is 19.2. The second-order valence-electron chi connectivity index (χ2n) is 6.17. The molecule has 0 saturated heterocycles. The lowest BCUT2D eigenvalue weighted by molar-refractivity contribution is -0.274. The molecule has 1 aromatic heterocycles. The molecule has 0 bridgehead atoms. The average molecular weight is 369 g/mol. The Bertz CT molecular complexity index is 1170. The van der Waals surface area contributed by atoms with Gasteiger partial charge in [0.05, 0.1) is 11.2 Å². The van der Waals surface area contributed by atoms with Crippen LogP contribution in [0.3, 0.4) is 0 Å². The Labute approximate surface area is 152 Å². The first kappa shape index (κ1) is 17.1. The molecule has 3 aromatic carbocycles. The minimum absolute atomic E-state index is 0.222. The maximum absolute atomic E-state index is 12.8. The fourth-order valence-corrected chi connectivity index (χ4v) is 3.59. The minimum atomic E-state index is -4.82. The molecule has 4 rings (SSSR count). The van der Waals surface area contributed by atoms with Crippen LogP contribution in [0.1, 0.15) is 10.4 Å². The van der Waals surface area contributed by atoms with Gasteiger partial charge in [-0.15, -0.1) is 13.2 Å². The van der Waals surface area contributed by atoms with Crippen molar-refractivity contribution in [1.29, 1.82) is 0 Å². The topological polar surface area (TPSA) is 31.2 Å². The number of ether oxygens (including phenoxy) is 1. The number of hydrogen-bond donors (Lipinski definition) is 0. The van der Waals surface area contributed by atoms with Gasteiger partial charge in [0.2, 0.25) is 0 Å². The second kappa shape index (κ2) is 6.16. The third-order valence-electron chi connectivity index (χ3n) is 4.60. The maximum atomic E-state index is 12.8. The molecule has 3 nitrogen and oxygen atoms in total. The van der Waals surface area contributed by atoms with E-state index in [2.05, 4.69) is 4.74 Å². The minimum Gasteiger partial charge on any atom is -0.404 e. The van der Waals surface area contributed by atoms with Crippen LogP contribution in [0.5, 0.6) is 5.75 Å². The van der Waals surface area contributed by atoms with Gasteiger partial charge in [-0.2, -0.15) is 0 Å². The van der Waals surface area contributed by atoms with Crippen molar-refractivity contribution in [1.82, 2.24) is 4.57 Å². The number of halogens is 3. The first-order chi connectivity index (χ1) is 12.9. The molecule has 0 unspecified atom stereocenters. The van der Waals surface area contributed by atoms with Crippen LogP contribution in [0, 0.1) is 0 Å². The molecule has 1 heterocycles. The molecule has 0 spiro atoms. The average Bonchev–Trinajstić information content (AvgIpc) is 2.92. The van der Waals surface area contributed by atoms with Crippen LogP contribution in [0.25, 0.3) is 32.9 Å². The molecule has 4 aromatic rings. The van der Waals surface area contributed by atoms with E-state index in [4.69, 9.17) is 0 Å². The van der Waals surface area contributed by atoms with E-state index < -0.39 is 6.36 Å². The van der Waals surface area contributed by atoms with Gasteiger partial charge in [0.1, 0.15) is 0 Å². The standard InChI is InChI=1S/C21H14F3NO2/c1-25-19(15-9-4-7-13-6-2-3-8-14(13)15)17(12-26)16-10-5-11-18(20(16)25)27-21(22,23)24/h2-12H,1H3. The highest BCUT2D eigenvalue weighted by Crippen LogP contribution is 2.40. The van der Waals surface area contributed by atoms with Crippen LogP contribution in [-0.2, 0) is 7.05 Å². The van der Waals surface area contributed by atoms with E-state index in [1.54, 1.807) is 17.7 Å². The number of para-hydroxylation sites is 1. The number of fused-ring (bicyclic) bond motifs is 2. The smallest absolute Gasteiger partial charge is 0.404 e. The molecule has 0 aliphatic heterocycles. The van der Waals surface area contributed by atoms with Gasteiger partial charge in [0, 0.05) is 23.6 Å². The summed E-state index contributed by atoms with van der Waals surface area (Å²) in [6.45, 7) is 0. The van der Waals surface area contributed by atoms with Crippen molar-refractivity contribution in [2.24, 2.45) is 7.05 Å². The molecular formula is C21H14F3NO2. The summed E-state index contributed by atoms with van der Waals surface area (Å²) >= 11 is 0. The largest absolute Gasteiger partial charge is 0.573 e. The number of aldehydes is 1. The Kier molecular flexibility index (Phi) is 3.91. The van der Waals surface area contributed by atoms with Crippen molar-refractivity contribution in [3.05, 3.63) is 66.2 Å². The molecule has 0 aliphatic rings. The summed E-state index contributed by atoms with van der Waals surface area (Å²) in [4.78, 5) is 11.9. The first-order valence-electron chi connectivity index (χ1n) is 8.21. The van der Waals surface area contributed by atoms with Crippen LogP contribution < -0.4 is 4.74 Å². The highest BCUT2D eigenvalue weighted by Gasteiger charge is 2.33. The van der Waals surface area contributed by atoms with Crippen LogP contribution in [0.15, 0.2) is 60.7 Å². The van der Waals surface area contributed by atoms with Gasteiger partial charge in [-0.1, -0.05) is 54.6 Å². The molecule has 0 radical (unpaired) electrons. The van der Waals surface area contributed by atoms with Crippen molar-refractivity contribution in [3.63, 3.8) is 0 Å². The summed E-state index contributed by atoms with van der Waals surface area (Å²) < 4.78 is 44.2. The zero-order valence-corrected chi connectivity index (χ0v) is 14.2. The van der Waals surface area contributed by atoms with Crippen molar-refractivity contribution >= 4 is 28.0 Å². The normalized spacial score (nSPS) is 11.9. The summed E-state index contributed by atoms with van der Waals surface area (Å²) in [5.74, 6) is -0.336. The van der Waals surface area contributed by atoms with Gasteiger partial charge >= 0.3 is 6.36 Å². The second-order valence-corrected chi connectivity index (χ2v) is 6.17. The third-order valence-corrected chi connectivity index (χ3v) is 4.60. The van der Waals surface area contributed by atoms with Crippen molar-refractivity contribution < 1.29 is 22.7 Å². The Morgan fingerprint density at radius 2 is 1.59 bits per heavy atom. The predicted molar refractivity (Wildman–Crippen MR) is 97.9 cm³/mol. The number of carbonyl (C=O) groups is 1. The molecule has 0 amide bonds. The van der Waals surface area contributed by atoms with Crippen LogP contribution in [-0.4, -0.2) is 17.2 Å². The summed E-state index contributed by atoms with van der Waals surface area (Å²) in [6, 6.07) is 17.6. The van der Waals surface area contributed by atoms with E-state index in [1.165, 1.54) is 12.1 Å². The van der Waals surface area contributed by atoms with E-state index in [0.717, 1.165) is 16.3 Å². The SMILES string of the molecule is Cn1c(-c2cccc3ccccc23)c(C=O)c2cccc(OC(F)(F)F)c21. The van der Waals surface area contributed by atoms with E-state index in [-0.39, 0.29) is 11.3 Å². The van der Waals surface area contributed by atoms with Crippen LogP contribution in [0.4, 0.5) is 13.2 Å². The van der Waals surface area contributed by atoms with Gasteiger partial charge in [0.15, 0.2) is 12.0 Å². The quantitative estimate of drug-likeness (QED) is 0.433. The Morgan fingerprint density at radius 3 is 2.33 bits per heavy atom. The lowest BCUT2D eigenvalue weighted by Crippen LogP contribution is -2.17. The predicted octanol–water partition coefficient (Wildman–Crippen LogP) is 5.71. The van der Waals surface area contributed by atoms with E-state index in [0.29, 0.717) is 22.9 Å². The number of alkyl halides is 3. The van der Waals surface area contributed by atoms with Gasteiger partial charge in [0.25, 0.3) is 0 Å². The van der Waals surface area contributed by atoms with Gasteiger partial charge in [-0.05, 0) is 16.8 Å². The molecule has 6 heteroatoms. The van der Waals surface area contributed by atoms with Crippen molar-refractivity contribution in [2.75, 3.05) is 0 Å². The summed E-state index contributed by atoms with van der Waals surface area (Å²) in [5, 5.41) is 2.30. The number of aromatic nitrogens is 1. The molecule has 27 heavy (non-hydrogen) atoms. The lowest BCUT2D eigenvalue weighted by atomic mass is 9.99. The van der Waals surface area contributed by atoms with Gasteiger partial charge in [-0.3, -0.25) is 4.79 Å². The van der Waals surface area contributed by atoms with Crippen molar-refractivity contribution in [2.45, 2.75) is 6.36 Å². The summed E-state index contributed by atoms with van der Waals surface area (Å²) in [7, 11) is 1.63. The monoisotopic (exact) mass is 369 g/mol. The number of hydrogen-bond acceptors (Lipinski definition) is 2. The summed E-state index contributed by atoms with van der Waals surface area (Å²) in [5.41, 5.74) is 1.87. The first-order valence-corrected chi connectivity index (χ1v) is 8.21. The number of nitrogens with zero attached hydrogens (tertiary/aromatic N) is 1. The Hall–Kier alpha value is -3.28. The van der Waals surface area contributed by atoms with E-state index in [9.17, 15) is 18.0 Å². The third kappa shape index (κ3) is 2.83. The fraction of sp³-hybridized carbons (Fsp3) is 0.0952. The molecule has 136 valence electrons. The van der Waals surface area contributed by atoms with Crippen LogP contribution in [0.2, 0.25) is 0 Å². The highest BCUT2D eigenvalue weighted by molar-refractivity contribution is 6.10. The lowest BCUT2D eigenvalue weighted by Gasteiger charge is -2.12. The molecule has 0 aliphatic carbocycles. The van der Waals surface area contributed by atoms with Crippen LogP contribution >= 0.6 is 0 Å². The molecule has 0 fully saturated rings. The molecule has 0 saturated carbocycles. The highest BCUT2D eigenvalue weighted by atomic mass is 19.4. The van der Waals surface area contributed by atoms with E-state index in [1.807, 2.05) is 42.5 Å². The molecule has 0 atom stereocenters. The fourth-order valence-electron chi connectivity index (χ4n) is 3.59. The molecular weight excluding hydrogens is 355 g/mol. The number of aryl methyl sites for hydroxylation is 1. The Balaban J connectivity index is 2.08. The van der Waals surface area contributed by atoms with E-state index >= 15 is 0 Å². The number of carbonyl (C=O) groups excluding carboxylic acids is 1.